The molecule has 3 nitrogen and oxygen atoms in total. The third kappa shape index (κ3) is 3.33. The van der Waals surface area contributed by atoms with Crippen LogP contribution in [0.15, 0.2) is 24.5 Å². The third-order valence-corrected chi connectivity index (χ3v) is 5.22. The maximum atomic E-state index is 4.72. The summed E-state index contributed by atoms with van der Waals surface area (Å²) < 4.78 is 0. The van der Waals surface area contributed by atoms with Crippen molar-refractivity contribution < 1.29 is 0 Å². The molecule has 0 spiro atoms. The minimum absolute atomic E-state index is 0.577. The van der Waals surface area contributed by atoms with E-state index in [0.717, 1.165) is 17.1 Å². The molecule has 4 heteroatoms. The maximum absolute atomic E-state index is 4.72. The molecule has 0 aromatic carbocycles. The first-order valence-corrected chi connectivity index (χ1v) is 8.58. The summed E-state index contributed by atoms with van der Waals surface area (Å²) in [6.45, 7) is 9.02. The molecule has 0 unspecified atom stereocenters. The predicted octanol–water partition coefficient (Wildman–Crippen LogP) is 4.10. The van der Waals surface area contributed by atoms with Crippen LogP contribution in [0.2, 0.25) is 0 Å². The second kappa shape index (κ2) is 6.24. The topological polar surface area (TPSA) is 29.0 Å². The van der Waals surface area contributed by atoms with Crippen LogP contribution in [-0.4, -0.2) is 34.0 Å². The molecule has 112 valence electrons. The molecule has 3 rings (SSSR count). The molecule has 0 N–H and O–H groups in total. The number of rotatable bonds is 3. The van der Waals surface area contributed by atoms with E-state index in [1.807, 2.05) is 12.4 Å². The summed E-state index contributed by atoms with van der Waals surface area (Å²) in [7, 11) is 0. The van der Waals surface area contributed by atoms with E-state index in [0.29, 0.717) is 12.0 Å². The number of aryl methyl sites for hydroxylation is 1. The summed E-state index contributed by atoms with van der Waals surface area (Å²) >= 11 is 1.73. The van der Waals surface area contributed by atoms with Crippen LogP contribution in [-0.2, 0) is 0 Å². The minimum Gasteiger partial charge on any atom is -0.300 e. The number of piperidine rings is 1. The number of likely N-dealkylation sites (tertiary alicyclic amines) is 1. The molecule has 1 fully saturated rings. The Morgan fingerprint density at radius 1 is 1.24 bits per heavy atom. The van der Waals surface area contributed by atoms with Gasteiger partial charge in [-0.25, -0.2) is 4.98 Å². The molecule has 2 aromatic heterocycles. The molecule has 1 aliphatic heterocycles. The summed E-state index contributed by atoms with van der Waals surface area (Å²) in [5.74, 6) is 0.577. The zero-order valence-corrected chi connectivity index (χ0v) is 13.9. The molecule has 0 saturated carbocycles. The highest BCUT2D eigenvalue weighted by Crippen LogP contribution is 2.29. The van der Waals surface area contributed by atoms with Gasteiger partial charge in [-0.05, 0) is 52.3 Å². The maximum Gasteiger partial charge on any atom is 0.125 e. The fourth-order valence-electron chi connectivity index (χ4n) is 2.98. The number of aromatic nitrogens is 2. The average Bonchev–Trinajstić information content (AvgIpc) is 2.94. The van der Waals surface area contributed by atoms with Crippen molar-refractivity contribution in [2.45, 2.75) is 45.6 Å². The molecule has 0 bridgehead atoms. The monoisotopic (exact) mass is 301 g/mol. The van der Waals surface area contributed by atoms with Gasteiger partial charge in [0.15, 0.2) is 0 Å². The van der Waals surface area contributed by atoms with Crippen LogP contribution in [0, 0.1) is 6.92 Å². The number of hydrogen-bond acceptors (Lipinski definition) is 4. The Labute approximate surface area is 131 Å². The van der Waals surface area contributed by atoms with E-state index in [9.17, 15) is 0 Å². The molecular formula is C17H23N3S. The smallest absolute Gasteiger partial charge is 0.125 e. The van der Waals surface area contributed by atoms with E-state index >= 15 is 0 Å². The minimum atomic E-state index is 0.577. The van der Waals surface area contributed by atoms with Crippen molar-refractivity contribution >= 4 is 11.3 Å². The van der Waals surface area contributed by atoms with E-state index < -0.39 is 0 Å². The molecule has 2 aromatic rings. The average molecular weight is 301 g/mol. The molecular weight excluding hydrogens is 278 g/mol. The lowest BCUT2D eigenvalue weighted by atomic mass is 9.93. The Morgan fingerprint density at radius 2 is 2.10 bits per heavy atom. The van der Waals surface area contributed by atoms with Gasteiger partial charge in [-0.2, -0.15) is 0 Å². The number of nitrogens with zero attached hydrogens (tertiary/aromatic N) is 3. The molecule has 0 aliphatic carbocycles. The molecule has 0 radical (unpaired) electrons. The van der Waals surface area contributed by atoms with Crippen molar-refractivity contribution in [1.29, 1.82) is 0 Å². The first kappa shape index (κ1) is 14.7. The van der Waals surface area contributed by atoms with Gasteiger partial charge in [0.2, 0.25) is 0 Å². The molecule has 1 aliphatic rings. The molecule has 0 amide bonds. The fraction of sp³-hybridized carbons (Fsp3) is 0.529. The summed E-state index contributed by atoms with van der Waals surface area (Å²) in [5.41, 5.74) is 2.37. The summed E-state index contributed by atoms with van der Waals surface area (Å²) in [5, 5.41) is 1.07. The van der Waals surface area contributed by atoms with E-state index in [1.165, 1.54) is 30.0 Å². The Balaban J connectivity index is 1.74. The van der Waals surface area contributed by atoms with Crippen molar-refractivity contribution in [2.75, 3.05) is 13.1 Å². The van der Waals surface area contributed by atoms with Crippen LogP contribution < -0.4 is 0 Å². The first-order valence-electron chi connectivity index (χ1n) is 7.76. The number of hydrogen-bond donors (Lipinski definition) is 0. The van der Waals surface area contributed by atoms with Gasteiger partial charge >= 0.3 is 0 Å². The van der Waals surface area contributed by atoms with E-state index in [4.69, 9.17) is 4.98 Å². The summed E-state index contributed by atoms with van der Waals surface area (Å²) in [6, 6.07) is 5.00. The van der Waals surface area contributed by atoms with Crippen LogP contribution in [0.5, 0.6) is 0 Å². The zero-order valence-electron chi connectivity index (χ0n) is 13.0. The van der Waals surface area contributed by atoms with Gasteiger partial charge < -0.3 is 4.90 Å². The van der Waals surface area contributed by atoms with Gasteiger partial charge in [-0.1, -0.05) is 0 Å². The Hall–Kier alpha value is -1.26. The van der Waals surface area contributed by atoms with Gasteiger partial charge in [-0.3, -0.25) is 4.98 Å². The quantitative estimate of drug-likeness (QED) is 0.854. The van der Waals surface area contributed by atoms with Crippen LogP contribution in [0.25, 0.3) is 10.6 Å². The second-order valence-corrected chi connectivity index (χ2v) is 7.41. The number of thiazole rings is 1. The molecule has 3 heterocycles. The van der Waals surface area contributed by atoms with Gasteiger partial charge in [0.25, 0.3) is 0 Å². The van der Waals surface area contributed by atoms with Gasteiger partial charge in [0.1, 0.15) is 5.01 Å². The lowest BCUT2D eigenvalue weighted by Gasteiger charge is -2.35. The van der Waals surface area contributed by atoms with Crippen molar-refractivity contribution in [2.24, 2.45) is 0 Å². The SMILES string of the molecule is Cc1cnc(-c2ccc([C@@H]3CCCN(C(C)C)C3)nc2)s1. The molecule has 1 atom stereocenters. The van der Waals surface area contributed by atoms with Crippen LogP contribution >= 0.6 is 11.3 Å². The fourth-order valence-corrected chi connectivity index (χ4v) is 3.73. The van der Waals surface area contributed by atoms with E-state index in [1.54, 1.807) is 11.3 Å². The lowest BCUT2D eigenvalue weighted by molar-refractivity contribution is 0.166. The Bertz CT molecular complexity index is 588. The van der Waals surface area contributed by atoms with E-state index in [2.05, 4.69) is 42.8 Å². The van der Waals surface area contributed by atoms with Crippen LogP contribution in [0.4, 0.5) is 0 Å². The number of pyridine rings is 1. The van der Waals surface area contributed by atoms with E-state index in [-0.39, 0.29) is 0 Å². The molecule has 21 heavy (non-hydrogen) atoms. The largest absolute Gasteiger partial charge is 0.300 e. The highest BCUT2D eigenvalue weighted by molar-refractivity contribution is 7.14. The Kier molecular flexibility index (Phi) is 4.36. The second-order valence-electron chi connectivity index (χ2n) is 6.18. The van der Waals surface area contributed by atoms with Crippen molar-refractivity contribution in [1.82, 2.24) is 14.9 Å². The normalized spacial score (nSPS) is 20.1. The van der Waals surface area contributed by atoms with Crippen molar-refractivity contribution in [3.05, 3.63) is 35.1 Å². The standard InChI is InChI=1S/C17H23N3S/c1-12(2)20-8-4-5-15(11-20)16-7-6-14(10-18-16)17-19-9-13(3)21-17/h6-7,9-10,12,15H,4-5,8,11H2,1-3H3/t15-/m1/s1. The molecule has 1 saturated heterocycles. The van der Waals surface area contributed by atoms with Gasteiger partial charge in [-0.15, -0.1) is 11.3 Å². The highest BCUT2D eigenvalue weighted by atomic mass is 32.1. The van der Waals surface area contributed by atoms with Gasteiger partial charge in [0.05, 0.1) is 0 Å². The third-order valence-electron chi connectivity index (χ3n) is 4.26. The van der Waals surface area contributed by atoms with Gasteiger partial charge in [0, 0.05) is 47.0 Å². The predicted molar refractivity (Wildman–Crippen MR) is 88.8 cm³/mol. The Morgan fingerprint density at radius 3 is 2.71 bits per heavy atom. The highest BCUT2D eigenvalue weighted by Gasteiger charge is 2.23. The van der Waals surface area contributed by atoms with Crippen LogP contribution in [0.1, 0.15) is 43.2 Å². The van der Waals surface area contributed by atoms with Crippen molar-refractivity contribution in [3.8, 4) is 10.6 Å². The first-order chi connectivity index (χ1) is 10.1. The lowest BCUT2D eigenvalue weighted by Crippen LogP contribution is -2.39. The van der Waals surface area contributed by atoms with Crippen molar-refractivity contribution in [3.63, 3.8) is 0 Å². The summed E-state index contributed by atoms with van der Waals surface area (Å²) in [4.78, 5) is 13.0. The zero-order chi connectivity index (χ0) is 14.8. The summed E-state index contributed by atoms with van der Waals surface area (Å²) in [6.07, 6.45) is 6.45. The van der Waals surface area contributed by atoms with Crippen LogP contribution in [0.3, 0.4) is 0 Å².